The first kappa shape index (κ1) is 19.0. The molecule has 0 heterocycles. The summed E-state index contributed by atoms with van der Waals surface area (Å²) in [7, 11) is 1.65. The normalized spacial score (nSPS) is 14.3. The fraction of sp³-hybridized carbons (Fsp3) is 0.643. The predicted molar refractivity (Wildman–Crippen MR) is 83.9 cm³/mol. The Morgan fingerprint density at radius 1 is 1.35 bits per heavy atom. The summed E-state index contributed by atoms with van der Waals surface area (Å²) in [6.07, 6.45) is 4.47. The number of ether oxygens (including phenoxy) is 1. The minimum Gasteiger partial charge on any atom is -0.414 e. The average Bonchev–Trinajstić information content (AvgIpc) is 2.33. The number of hydrogen-bond acceptors (Lipinski definition) is 5. The fourth-order valence-electron chi connectivity index (χ4n) is 1.52. The van der Waals surface area contributed by atoms with Crippen molar-refractivity contribution in [3.05, 3.63) is 23.1 Å². The van der Waals surface area contributed by atoms with Crippen molar-refractivity contribution < 1.29 is 9.57 Å². The van der Waals surface area contributed by atoms with Gasteiger partial charge in [0.1, 0.15) is 5.76 Å². The standard InChI is InChI=1S/C14H26ClN3O2/c1-10(2)19-11(3)6-7-18-9-13(15)14(16)8-12(4)20-17-5/h8-11,16-18H,6-7H2,1-5H3/b12-8+,13-9-,16-14?/t11-/m0/s1. The number of nitrogens with one attached hydrogen (secondary N) is 3. The molecule has 0 bridgehead atoms. The minimum atomic E-state index is 0.193. The molecule has 5 nitrogen and oxygen atoms in total. The highest BCUT2D eigenvalue weighted by molar-refractivity contribution is 6.44. The summed E-state index contributed by atoms with van der Waals surface area (Å²) < 4.78 is 5.62. The zero-order valence-electron chi connectivity index (χ0n) is 12.9. The van der Waals surface area contributed by atoms with Gasteiger partial charge in [-0.05, 0) is 34.1 Å². The molecule has 0 fully saturated rings. The van der Waals surface area contributed by atoms with Gasteiger partial charge in [0, 0.05) is 25.9 Å². The van der Waals surface area contributed by atoms with Gasteiger partial charge in [-0.1, -0.05) is 11.6 Å². The number of hydroxylamine groups is 1. The Kier molecular flexibility index (Phi) is 10.2. The second kappa shape index (κ2) is 10.7. The largest absolute Gasteiger partial charge is 0.414 e. The third-order valence-electron chi connectivity index (χ3n) is 2.30. The van der Waals surface area contributed by atoms with E-state index in [1.54, 1.807) is 26.2 Å². The van der Waals surface area contributed by atoms with Crippen LogP contribution in [0.5, 0.6) is 0 Å². The molecule has 0 radical (unpaired) electrons. The van der Waals surface area contributed by atoms with Crippen molar-refractivity contribution >= 4 is 17.3 Å². The minimum absolute atomic E-state index is 0.193. The lowest BCUT2D eigenvalue weighted by Gasteiger charge is -2.15. The Morgan fingerprint density at radius 2 is 2.00 bits per heavy atom. The van der Waals surface area contributed by atoms with Crippen LogP contribution in [0.3, 0.4) is 0 Å². The molecule has 0 unspecified atom stereocenters. The van der Waals surface area contributed by atoms with Crippen molar-refractivity contribution in [3.8, 4) is 0 Å². The van der Waals surface area contributed by atoms with E-state index < -0.39 is 0 Å². The third-order valence-corrected chi connectivity index (χ3v) is 2.61. The highest BCUT2D eigenvalue weighted by Gasteiger charge is 2.04. The topological polar surface area (TPSA) is 66.4 Å². The van der Waals surface area contributed by atoms with Gasteiger partial charge in [0.05, 0.1) is 23.0 Å². The Bertz CT molecular complexity index is 354. The second-order valence-electron chi connectivity index (χ2n) is 4.71. The Morgan fingerprint density at radius 3 is 2.55 bits per heavy atom. The molecule has 0 rings (SSSR count). The molecule has 0 aliphatic heterocycles. The molecule has 0 saturated heterocycles. The molecular formula is C14H26ClN3O2. The molecule has 0 spiro atoms. The summed E-state index contributed by atoms with van der Waals surface area (Å²) in [5, 5.41) is 11.2. The van der Waals surface area contributed by atoms with E-state index >= 15 is 0 Å². The van der Waals surface area contributed by atoms with E-state index in [0.29, 0.717) is 10.8 Å². The molecule has 0 aliphatic rings. The van der Waals surface area contributed by atoms with E-state index in [9.17, 15) is 0 Å². The van der Waals surface area contributed by atoms with Crippen LogP contribution < -0.4 is 10.8 Å². The number of hydrogen-bond donors (Lipinski definition) is 3. The van der Waals surface area contributed by atoms with Crippen LogP contribution in [0.25, 0.3) is 0 Å². The predicted octanol–water partition coefficient (Wildman–Crippen LogP) is 2.93. The summed E-state index contributed by atoms with van der Waals surface area (Å²) >= 11 is 6.00. The maximum Gasteiger partial charge on any atom is 0.123 e. The Labute approximate surface area is 126 Å². The lowest BCUT2D eigenvalue weighted by Crippen LogP contribution is -2.20. The highest BCUT2D eigenvalue weighted by atomic mass is 35.5. The van der Waals surface area contributed by atoms with Crippen LogP contribution in [0.15, 0.2) is 23.1 Å². The van der Waals surface area contributed by atoms with E-state index in [1.807, 2.05) is 20.8 Å². The van der Waals surface area contributed by atoms with Crippen LogP contribution >= 0.6 is 11.6 Å². The number of rotatable bonds is 10. The summed E-state index contributed by atoms with van der Waals surface area (Å²) in [6.45, 7) is 8.56. The molecular weight excluding hydrogens is 278 g/mol. The summed E-state index contributed by atoms with van der Waals surface area (Å²) in [4.78, 5) is 5.00. The number of halogens is 1. The fourth-order valence-corrected chi connectivity index (χ4v) is 1.65. The lowest BCUT2D eigenvalue weighted by atomic mass is 10.2. The van der Waals surface area contributed by atoms with Gasteiger partial charge in [-0.3, -0.25) is 5.41 Å². The van der Waals surface area contributed by atoms with Crippen molar-refractivity contribution in [3.63, 3.8) is 0 Å². The van der Waals surface area contributed by atoms with E-state index in [0.717, 1.165) is 13.0 Å². The number of allylic oxidation sites excluding steroid dienone is 3. The molecule has 1 atom stereocenters. The molecule has 0 saturated carbocycles. The summed E-state index contributed by atoms with van der Waals surface area (Å²) in [6, 6.07) is 0. The lowest BCUT2D eigenvalue weighted by molar-refractivity contribution is 0.0151. The van der Waals surface area contributed by atoms with Crippen molar-refractivity contribution in [1.82, 2.24) is 10.8 Å². The van der Waals surface area contributed by atoms with E-state index in [-0.39, 0.29) is 17.9 Å². The van der Waals surface area contributed by atoms with Gasteiger partial charge < -0.3 is 14.9 Å². The first-order valence-electron chi connectivity index (χ1n) is 6.72. The van der Waals surface area contributed by atoms with Crippen LogP contribution in [0.1, 0.15) is 34.1 Å². The Balaban J connectivity index is 4.07. The molecule has 0 amide bonds. The smallest absolute Gasteiger partial charge is 0.123 e. The monoisotopic (exact) mass is 303 g/mol. The molecule has 20 heavy (non-hydrogen) atoms. The van der Waals surface area contributed by atoms with E-state index in [1.165, 1.54) is 0 Å². The Hall–Kier alpha value is -1.04. The average molecular weight is 304 g/mol. The van der Waals surface area contributed by atoms with Crippen LogP contribution in [-0.4, -0.2) is 31.5 Å². The van der Waals surface area contributed by atoms with Gasteiger partial charge in [-0.2, -0.15) is 5.48 Å². The summed E-state index contributed by atoms with van der Waals surface area (Å²) in [5.41, 5.74) is 2.73. The van der Waals surface area contributed by atoms with Crippen molar-refractivity contribution in [2.75, 3.05) is 13.6 Å². The van der Waals surface area contributed by atoms with Gasteiger partial charge in [-0.25, -0.2) is 0 Å². The second-order valence-corrected chi connectivity index (χ2v) is 5.11. The molecule has 0 aliphatic carbocycles. The van der Waals surface area contributed by atoms with Crippen LogP contribution in [0, 0.1) is 5.41 Å². The van der Waals surface area contributed by atoms with Gasteiger partial charge in [0.2, 0.25) is 0 Å². The highest BCUT2D eigenvalue weighted by Crippen LogP contribution is 2.06. The van der Waals surface area contributed by atoms with E-state index in [4.69, 9.17) is 26.6 Å². The molecule has 0 aromatic heterocycles. The third kappa shape index (κ3) is 9.83. The van der Waals surface area contributed by atoms with Crippen molar-refractivity contribution in [1.29, 1.82) is 5.41 Å². The quantitative estimate of drug-likeness (QED) is 0.251. The van der Waals surface area contributed by atoms with Crippen LogP contribution in [0.2, 0.25) is 0 Å². The van der Waals surface area contributed by atoms with Gasteiger partial charge in [-0.15, -0.1) is 0 Å². The van der Waals surface area contributed by atoms with Gasteiger partial charge >= 0.3 is 0 Å². The maximum atomic E-state index is 7.77. The van der Waals surface area contributed by atoms with Crippen LogP contribution in [0.4, 0.5) is 0 Å². The van der Waals surface area contributed by atoms with E-state index in [2.05, 4.69) is 10.8 Å². The molecule has 3 N–H and O–H groups in total. The zero-order chi connectivity index (χ0) is 15.5. The first-order valence-corrected chi connectivity index (χ1v) is 7.10. The van der Waals surface area contributed by atoms with Crippen molar-refractivity contribution in [2.45, 2.75) is 46.3 Å². The molecule has 116 valence electrons. The zero-order valence-corrected chi connectivity index (χ0v) is 13.7. The SMILES string of the molecule is CNO/C(C)=C/C(=N)/C(Cl)=C/NCC[C@H](C)OC(C)C. The van der Waals surface area contributed by atoms with Gasteiger partial charge in [0.15, 0.2) is 0 Å². The first-order chi connectivity index (χ1) is 9.36. The maximum absolute atomic E-state index is 7.77. The molecule has 6 heteroatoms. The molecule has 0 aromatic rings. The summed E-state index contributed by atoms with van der Waals surface area (Å²) in [5.74, 6) is 0.572. The van der Waals surface area contributed by atoms with Crippen LogP contribution in [-0.2, 0) is 9.57 Å². The molecule has 0 aromatic carbocycles. The van der Waals surface area contributed by atoms with Gasteiger partial charge in [0.25, 0.3) is 0 Å². The van der Waals surface area contributed by atoms with Crippen molar-refractivity contribution in [2.24, 2.45) is 0 Å².